The number of benzene rings is 1. The molecular formula is C16H27FIN3O. The van der Waals surface area contributed by atoms with Crippen molar-refractivity contribution in [2.45, 2.75) is 33.4 Å². The number of methoxy groups -OCH3 is 1. The molecule has 0 radical (unpaired) electrons. The molecule has 1 aromatic rings. The topological polar surface area (TPSA) is 45.7 Å². The van der Waals surface area contributed by atoms with Crippen LogP contribution in [0.3, 0.4) is 0 Å². The van der Waals surface area contributed by atoms with Crippen LogP contribution < -0.4 is 10.6 Å². The Morgan fingerprint density at radius 2 is 1.82 bits per heavy atom. The summed E-state index contributed by atoms with van der Waals surface area (Å²) in [6.07, 6.45) is 0.0851. The Balaban J connectivity index is 0.00000441. The van der Waals surface area contributed by atoms with Crippen molar-refractivity contribution in [2.75, 3.05) is 20.7 Å². The molecule has 6 heteroatoms. The van der Waals surface area contributed by atoms with Crippen LogP contribution in [0.5, 0.6) is 0 Å². The van der Waals surface area contributed by atoms with Crippen LogP contribution in [0, 0.1) is 11.2 Å². The van der Waals surface area contributed by atoms with Gasteiger partial charge in [0.15, 0.2) is 5.96 Å². The molecule has 0 aliphatic heterocycles. The van der Waals surface area contributed by atoms with Gasteiger partial charge in [-0.05, 0) is 23.1 Å². The first-order chi connectivity index (χ1) is 9.86. The minimum atomic E-state index is -0.227. The van der Waals surface area contributed by atoms with Crippen molar-refractivity contribution >= 4 is 29.9 Å². The molecule has 2 N–H and O–H groups in total. The highest BCUT2D eigenvalue weighted by Crippen LogP contribution is 2.20. The molecule has 22 heavy (non-hydrogen) atoms. The molecule has 0 heterocycles. The second-order valence-electron chi connectivity index (χ2n) is 6.02. The quantitative estimate of drug-likeness (QED) is 0.435. The van der Waals surface area contributed by atoms with E-state index in [4.69, 9.17) is 4.74 Å². The number of nitrogens with one attached hydrogen (secondary N) is 2. The fraction of sp³-hybridized carbons (Fsp3) is 0.562. The van der Waals surface area contributed by atoms with Gasteiger partial charge in [0.2, 0.25) is 0 Å². The number of ether oxygens (including phenoxy) is 1. The van der Waals surface area contributed by atoms with Gasteiger partial charge in [-0.1, -0.05) is 32.9 Å². The van der Waals surface area contributed by atoms with Crippen LogP contribution in [0.15, 0.2) is 29.3 Å². The molecule has 1 aromatic carbocycles. The van der Waals surface area contributed by atoms with E-state index < -0.39 is 0 Å². The van der Waals surface area contributed by atoms with Gasteiger partial charge in [-0.25, -0.2) is 4.39 Å². The first-order valence-electron chi connectivity index (χ1n) is 7.08. The predicted octanol–water partition coefficient (Wildman–Crippen LogP) is 3.17. The molecule has 4 nitrogen and oxygen atoms in total. The lowest BCUT2D eigenvalue weighted by Crippen LogP contribution is -2.45. The summed E-state index contributed by atoms with van der Waals surface area (Å²) < 4.78 is 18.3. The molecule has 1 atom stereocenters. The lowest BCUT2D eigenvalue weighted by Gasteiger charge is -2.30. The number of hydrogen-bond acceptors (Lipinski definition) is 2. The average Bonchev–Trinajstić information content (AvgIpc) is 2.43. The molecule has 0 saturated heterocycles. The Morgan fingerprint density at radius 3 is 2.27 bits per heavy atom. The van der Waals surface area contributed by atoms with Crippen LogP contribution in [0.2, 0.25) is 0 Å². The van der Waals surface area contributed by atoms with Crippen LogP contribution >= 0.6 is 24.0 Å². The number of aliphatic imine (C=N–C) groups is 1. The lowest BCUT2D eigenvalue weighted by atomic mass is 9.89. The van der Waals surface area contributed by atoms with Crippen molar-refractivity contribution in [2.24, 2.45) is 10.4 Å². The van der Waals surface area contributed by atoms with Gasteiger partial charge in [-0.3, -0.25) is 4.99 Å². The maximum absolute atomic E-state index is 12.8. The third-order valence-corrected chi connectivity index (χ3v) is 3.30. The molecule has 0 amide bonds. The summed E-state index contributed by atoms with van der Waals surface area (Å²) in [5.74, 6) is 0.472. The van der Waals surface area contributed by atoms with Crippen LogP contribution in [-0.4, -0.2) is 32.8 Å². The van der Waals surface area contributed by atoms with Crippen LogP contribution in [-0.2, 0) is 11.3 Å². The van der Waals surface area contributed by atoms with Gasteiger partial charge in [0, 0.05) is 27.2 Å². The standard InChI is InChI=1S/C16H26FN3O.HI/c1-16(2,3)14(21-5)11-20-15(18-4)19-10-12-6-8-13(17)9-7-12;/h6-9,14H,10-11H2,1-5H3,(H2,18,19,20);1H. The molecule has 0 aromatic heterocycles. The Bertz CT molecular complexity index is 457. The van der Waals surface area contributed by atoms with Crippen LogP contribution in [0.25, 0.3) is 0 Å². The van der Waals surface area contributed by atoms with Gasteiger partial charge in [0.05, 0.1) is 6.10 Å². The zero-order valence-corrected chi connectivity index (χ0v) is 16.3. The van der Waals surface area contributed by atoms with E-state index in [1.54, 1.807) is 26.3 Å². The molecule has 0 spiro atoms. The van der Waals surface area contributed by atoms with E-state index in [9.17, 15) is 4.39 Å². The van der Waals surface area contributed by atoms with Gasteiger partial charge in [-0.2, -0.15) is 0 Å². The number of hydrogen-bond donors (Lipinski definition) is 2. The van der Waals surface area contributed by atoms with Crippen molar-refractivity contribution < 1.29 is 9.13 Å². The summed E-state index contributed by atoms with van der Waals surface area (Å²) in [4.78, 5) is 4.17. The largest absolute Gasteiger partial charge is 0.379 e. The molecule has 0 aliphatic rings. The molecule has 0 aliphatic carbocycles. The summed E-state index contributed by atoms with van der Waals surface area (Å²) in [7, 11) is 3.44. The Kier molecular flexibility index (Phi) is 9.59. The van der Waals surface area contributed by atoms with E-state index in [0.29, 0.717) is 19.0 Å². The highest BCUT2D eigenvalue weighted by atomic mass is 127. The fourth-order valence-corrected chi connectivity index (χ4v) is 1.94. The maximum Gasteiger partial charge on any atom is 0.191 e. The smallest absolute Gasteiger partial charge is 0.191 e. The van der Waals surface area contributed by atoms with Crippen LogP contribution in [0.1, 0.15) is 26.3 Å². The highest BCUT2D eigenvalue weighted by Gasteiger charge is 2.24. The van der Waals surface area contributed by atoms with E-state index in [1.807, 2.05) is 0 Å². The van der Waals surface area contributed by atoms with Gasteiger partial charge < -0.3 is 15.4 Å². The first kappa shape index (κ1) is 21.1. The van der Waals surface area contributed by atoms with Crippen molar-refractivity contribution in [3.63, 3.8) is 0 Å². The molecule has 1 unspecified atom stereocenters. The molecular weight excluding hydrogens is 396 g/mol. The van der Waals surface area contributed by atoms with Gasteiger partial charge in [0.25, 0.3) is 0 Å². The normalized spacial score (nSPS) is 13.3. The third kappa shape index (κ3) is 7.40. The number of rotatable bonds is 5. The number of nitrogens with zero attached hydrogens (tertiary/aromatic N) is 1. The highest BCUT2D eigenvalue weighted by molar-refractivity contribution is 14.0. The van der Waals surface area contributed by atoms with E-state index in [2.05, 4.69) is 36.4 Å². The Hall–Kier alpha value is -0.890. The molecule has 1 rings (SSSR count). The Labute approximate surface area is 149 Å². The summed E-state index contributed by atoms with van der Waals surface area (Å²) in [6.45, 7) is 7.67. The second kappa shape index (κ2) is 9.99. The second-order valence-corrected chi connectivity index (χ2v) is 6.02. The predicted molar refractivity (Wildman–Crippen MR) is 100 cm³/mol. The summed E-state index contributed by atoms with van der Waals surface area (Å²) in [5, 5.41) is 6.45. The monoisotopic (exact) mass is 423 g/mol. The average molecular weight is 423 g/mol. The zero-order valence-electron chi connectivity index (χ0n) is 13.9. The molecule has 126 valence electrons. The van der Waals surface area contributed by atoms with Crippen molar-refractivity contribution in [3.05, 3.63) is 35.6 Å². The van der Waals surface area contributed by atoms with E-state index in [-0.39, 0.29) is 41.3 Å². The maximum atomic E-state index is 12.8. The molecule has 0 bridgehead atoms. The number of halogens is 2. The SMILES string of the molecule is CN=C(NCc1ccc(F)cc1)NCC(OC)C(C)(C)C.I. The van der Waals surface area contributed by atoms with Gasteiger partial charge in [-0.15, -0.1) is 24.0 Å². The van der Waals surface area contributed by atoms with Crippen LogP contribution in [0.4, 0.5) is 4.39 Å². The van der Waals surface area contributed by atoms with E-state index in [0.717, 1.165) is 5.56 Å². The zero-order chi connectivity index (χ0) is 15.9. The summed E-state index contributed by atoms with van der Waals surface area (Å²) in [6, 6.07) is 6.41. The van der Waals surface area contributed by atoms with Crippen molar-refractivity contribution in [3.8, 4) is 0 Å². The molecule has 0 fully saturated rings. The number of guanidine groups is 1. The van der Waals surface area contributed by atoms with Gasteiger partial charge in [0.1, 0.15) is 5.82 Å². The van der Waals surface area contributed by atoms with Gasteiger partial charge >= 0.3 is 0 Å². The van der Waals surface area contributed by atoms with Crippen molar-refractivity contribution in [1.82, 2.24) is 10.6 Å². The summed E-state index contributed by atoms with van der Waals surface area (Å²) in [5.41, 5.74) is 1.05. The Morgan fingerprint density at radius 1 is 1.23 bits per heavy atom. The van der Waals surface area contributed by atoms with E-state index >= 15 is 0 Å². The van der Waals surface area contributed by atoms with Crippen molar-refractivity contribution in [1.29, 1.82) is 0 Å². The first-order valence-corrected chi connectivity index (χ1v) is 7.08. The third-order valence-electron chi connectivity index (χ3n) is 3.30. The minimum Gasteiger partial charge on any atom is -0.379 e. The molecule has 0 saturated carbocycles. The minimum absolute atomic E-state index is 0. The van der Waals surface area contributed by atoms with E-state index in [1.165, 1.54) is 12.1 Å². The summed E-state index contributed by atoms with van der Waals surface area (Å²) >= 11 is 0. The lowest BCUT2D eigenvalue weighted by molar-refractivity contribution is 0.0205. The fourth-order valence-electron chi connectivity index (χ4n) is 1.94.